The summed E-state index contributed by atoms with van der Waals surface area (Å²) in [7, 11) is 3.51. The van der Waals surface area contributed by atoms with Crippen molar-refractivity contribution in [1.82, 2.24) is 10.2 Å². The van der Waals surface area contributed by atoms with Gasteiger partial charge < -0.3 is 15.8 Å². The van der Waals surface area contributed by atoms with E-state index in [9.17, 15) is 4.79 Å². The number of carbonyl (C=O) groups excluding carboxylic acids is 1. The standard InChI is InChI=1S/C12H27N3O2/c1-9(11(16)14-12(2,3)4)15(5)7-10(13)8-17-6/h9-10H,7-8,13H2,1-6H3,(H,14,16). The van der Waals surface area contributed by atoms with E-state index in [0.717, 1.165) is 0 Å². The Kier molecular flexibility index (Phi) is 6.67. The minimum Gasteiger partial charge on any atom is -0.383 e. The molecule has 2 atom stereocenters. The van der Waals surface area contributed by atoms with Crippen LogP contribution in [-0.2, 0) is 9.53 Å². The van der Waals surface area contributed by atoms with Gasteiger partial charge in [0.25, 0.3) is 0 Å². The van der Waals surface area contributed by atoms with Crippen LogP contribution in [0.1, 0.15) is 27.7 Å². The molecule has 0 aliphatic carbocycles. The lowest BCUT2D eigenvalue weighted by Crippen LogP contribution is -2.52. The molecule has 0 rings (SSSR count). The van der Waals surface area contributed by atoms with E-state index in [-0.39, 0.29) is 23.5 Å². The van der Waals surface area contributed by atoms with Gasteiger partial charge in [0.1, 0.15) is 0 Å². The maximum Gasteiger partial charge on any atom is 0.237 e. The van der Waals surface area contributed by atoms with Gasteiger partial charge in [0, 0.05) is 25.2 Å². The highest BCUT2D eigenvalue weighted by Gasteiger charge is 2.23. The van der Waals surface area contributed by atoms with E-state index in [1.165, 1.54) is 0 Å². The molecule has 0 saturated carbocycles. The molecule has 5 heteroatoms. The van der Waals surface area contributed by atoms with E-state index in [1.807, 2.05) is 39.6 Å². The summed E-state index contributed by atoms with van der Waals surface area (Å²) in [6.07, 6.45) is 0. The van der Waals surface area contributed by atoms with Gasteiger partial charge in [-0.2, -0.15) is 0 Å². The maximum absolute atomic E-state index is 11.9. The van der Waals surface area contributed by atoms with Crippen LogP contribution in [0.15, 0.2) is 0 Å². The van der Waals surface area contributed by atoms with Gasteiger partial charge in [0.15, 0.2) is 0 Å². The van der Waals surface area contributed by atoms with E-state index < -0.39 is 0 Å². The molecule has 0 aliphatic heterocycles. The Balaban J connectivity index is 4.20. The Bertz CT molecular complexity index is 238. The van der Waals surface area contributed by atoms with Crippen LogP contribution in [0.4, 0.5) is 0 Å². The molecule has 0 aromatic heterocycles. The van der Waals surface area contributed by atoms with Gasteiger partial charge in [-0.05, 0) is 34.7 Å². The molecule has 0 radical (unpaired) electrons. The fraction of sp³-hybridized carbons (Fsp3) is 0.917. The van der Waals surface area contributed by atoms with Gasteiger partial charge in [0.2, 0.25) is 5.91 Å². The van der Waals surface area contributed by atoms with Crippen LogP contribution >= 0.6 is 0 Å². The molecule has 0 fully saturated rings. The largest absolute Gasteiger partial charge is 0.383 e. The van der Waals surface area contributed by atoms with Gasteiger partial charge >= 0.3 is 0 Å². The Morgan fingerprint density at radius 1 is 1.47 bits per heavy atom. The monoisotopic (exact) mass is 245 g/mol. The maximum atomic E-state index is 11.9. The third-order valence-electron chi connectivity index (χ3n) is 2.44. The first-order valence-electron chi connectivity index (χ1n) is 5.94. The molecule has 17 heavy (non-hydrogen) atoms. The summed E-state index contributed by atoms with van der Waals surface area (Å²) >= 11 is 0. The molecule has 5 nitrogen and oxygen atoms in total. The number of ether oxygens (including phenoxy) is 1. The van der Waals surface area contributed by atoms with E-state index in [4.69, 9.17) is 10.5 Å². The Hall–Kier alpha value is -0.650. The van der Waals surface area contributed by atoms with E-state index >= 15 is 0 Å². The number of carbonyl (C=O) groups is 1. The lowest BCUT2D eigenvalue weighted by atomic mass is 10.1. The number of hydrogen-bond acceptors (Lipinski definition) is 4. The Morgan fingerprint density at radius 2 is 2.00 bits per heavy atom. The Labute approximate surface area is 105 Å². The number of rotatable bonds is 6. The van der Waals surface area contributed by atoms with Crippen LogP contribution < -0.4 is 11.1 Å². The second-order valence-electron chi connectivity index (χ2n) is 5.57. The molecule has 1 amide bonds. The van der Waals surface area contributed by atoms with E-state index in [1.54, 1.807) is 7.11 Å². The second-order valence-corrected chi connectivity index (χ2v) is 5.57. The molecule has 102 valence electrons. The first kappa shape index (κ1) is 16.4. The van der Waals surface area contributed by atoms with Crippen LogP contribution in [0.3, 0.4) is 0 Å². The lowest BCUT2D eigenvalue weighted by molar-refractivity contribution is -0.127. The van der Waals surface area contributed by atoms with Crippen molar-refractivity contribution in [2.24, 2.45) is 5.73 Å². The predicted molar refractivity (Wildman–Crippen MR) is 69.8 cm³/mol. The van der Waals surface area contributed by atoms with Crippen molar-refractivity contribution in [2.45, 2.75) is 45.3 Å². The zero-order valence-corrected chi connectivity index (χ0v) is 11.9. The molecule has 0 heterocycles. The average Bonchev–Trinajstić information content (AvgIpc) is 2.13. The Morgan fingerprint density at radius 3 is 2.41 bits per heavy atom. The highest BCUT2D eigenvalue weighted by Crippen LogP contribution is 2.03. The van der Waals surface area contributed by atoms with Gasteiger partial charge in [0.05, 0.1) is 12.6 Å². The van der Waals surface area contributed by atoms with Gasteiger partial charge in [-0.1, -0.05) is 0 Å². The van der Waals surface area contributed by atoms with Crippen molar-refractivity contribution in [3.63, 3.8) is 0 Å². The van der Waals surface area contributed by atoms with Crippen molar-refractivity contribution < 1.29 is 9.53 Å². The number of nitrogens with one attached hydrogen (secondary N) is 1. The minimum absolute atomic E-state index is 0.0182. The minimum atomic E-state index is -0.208. The van der Waals surface area contributed by atoms with Crippen molar-refractivity contribution in [3.8, 4) is 0 Å². The third kappa shape index (κ3) is 7.31. The summed E-state index contributed by atoms with van der Waals surface area (Å²) in [6.45, 7) is 8.90. The summed E-state index contributed by atoms with van der Waals surface area (Å²) in [5.74, 6) is 0.0182. The van der Waals surface area contributed by atoms with Gasteiger partial charge in [-0.15, -0.1) is 0 Å². The predicted octanol–water partition coefficient (Wildman–Crippen LogP) is 0.195. The number of amides is 1. The summed E-state index contributed by atoms with van der Waals surface area (Å²) in [5.41, 5.74) is 5.64. The molecule has 0 saturated heterocycles. The molecular formula is C12H27N3O2. The zero-order chi connectivity index (χ0) is 13.6. The van der Waals surface area contributed by atoms with Crippen LogP contribution in [0.2, 0.25) is 0 Å². The first-order valence-corrected chi connectivity index (χ1v) is 5.94. The van der Waals surface area contributed by atoms with Crippen molar-refractivity contribution in [2.75, 3.05) is 27.3 Å². The topological polar surface area (TPSA) is 67.6 Å². The number of hydrogen-bond donors (Lipinski definition) is 2. The van der Waals surface area contributed by atoms with E-state index in [2.05, 4.69) is 5.32 Å². The fourth-order valence-electron chi connectivity index (χ4n) is 1.47. The normalized spacial score (nSPS) is 15.8. The zero-order valence-electron chi connectivity index (χ0n) is 11.9. The van der Waals surface area contributed by atoms with Gasteiger partial charge in [-0.25, -0.2) is 0 Å². The average molecular weight is 245 g/mol. The van der Waals surface area contributed by atoms with Crippen molar-refractivity contribution in [1.29, 1.82) is 0 Å². The summed E-state index contributed by atoms with van der Waals surface area (Å²) in [6, 6.07) is -0.271. The number of methoxy groups -OCH3 is 1. The van der Waals surface area contributed by atoms with E-state index in [0.29, 0.717) is 13.2 Å². The summed E-state index contributed by atoms with van der Waals surface area (Å²) in [4.78, 5) is 13.8. The highest BCUT2D eigenvalue weighted by molar-refractivity contribution is 5.81. The SMILES string of the molecule is COCC(N)CN(C)C(C)C(=O)NC(C)(C)C. The van der Waals surface area contributed by atoms with Crippen molar-refractivity contribution >= 4 is 5.91 Å². The van der Waals surface area contributed by atoms with Gasteiger partial charge in [-0.3, -0.25) is 9.69 Å². The molecule has 0 spiro atoms. The van der Waals surface area contributed by atoms with Crippen molar-refractivity contribution in [3.05, 3.63) is 0 Å². The lowest BCUT2D eigenvalue weighted by Gasteiger charge is -2.29. The highest BCUT2D eigenvalue weighted by atomic mass is 16.5. The summed E-state index contributed by atoms with van der Waals surface area (Å²) in [5, 5.41) is 2.95. The smallest absolute Gasteiger partial charge is 0.237 e. The quantitative estimate of drug-likeness (QED) is 0.701. The molecule has 0 bridgehead atoms. The second kappa shape index (κ2) is 6.93. The van der Waals surface area contributed by atoms with Crippen LogP contribution in [0.25, 0.3) is 0 Å². The number of nitrogens with zero attached hydrogens (tertiary/aromatic N) is 1. The fourth-order valence-corrected chi connectivity index (χ4v) is 1.47. The molecule has 0 aromatic carbocycles. The molecule has 0 aromatic rings. The van der Waals surface area contributed by atoms with Crippen LogP contribution in [0.5, 0.6) is 0 Å². The first-order chi connectivity index (χ1) is 7.67. The van der Waals surface area contributed by atoms with Crippen LogP contribution in [-0.4, -0.2) is 55.7 Å². The molecular weight excluding hydrogens is 218 g/mol. The molecule has 3 N–H and O–H groups in total. The number of likely N-dealkylation sites (N-methyl/N-ethyl adjacent to an activating group) is 1. The van der Waals surface area contributed by atoms with Crippen LogP contribution in [0, 0.1) is 0 Å². The molecule has 0 aliphatic rings. The summed E-state index contributed by atoms with van der Waals surface area (Å²) < 4.78 is 4.97. The third-order valence-corrected chi connectivity index (χ3v) is 2.44. The number of nitrogens with two attached hydrogens (primary N) is 1. The molecule has 2 unspecified atom stereocenters.